The lowest BCUT2D eigenvalue weighted by molar-refractivity contribution is 0.0505. The van der Waals surface area contributed by atoms with Crippen molar-refractivity contribution in [1.29, 1.82) is 0 Å². The van der Waals surface area contributed by atoms with Crippen molar-refractivity contribution in [3.63, 3.8) is 0 Å². The molecular formula is C20H26N2O2. The van der Waals surface area contributed by atoms with Crippen LogP contribution in [0.3, 0.4) is 0 Å². The predicted octanol–water partition coefficient (Wildman–Crippen LogP) is 4.28. The number of piperidine rings is 1. The smallest absolute Gasteiger partial charge is 0.340 e. The van der Waals surface area contributed by atoms with E-state index in [4.69, 9.17) is 4.74 Å². The van der Waals surface area contributed by atoms with Gasteiger partial charge >= 0.3 is 5.97 Å². The minimum atomic E-state index is -0.223. The maximum atomic E-state index is 12.6. The van der Waals surface area contributed by atoms with Gasteiger partial charge in [0.05, 0.1) is 17.9 Å². The molecule has 1 fully saturated rings. The van der Waals surface area contributed by atoms with E-state index in [2.05, 4.69) is 24.0 Å². The zero-order valence-electron chi connectivity index (χ0n) is 14.6. The summed E-state index contributed by atoms with van der Waals surface area (Å²) >= 11 is 0. The van der Waals surface area contributed by atoms with E-state index in [0.29, 0.717) is 12.2 Å². The molecule has 4 nitrogen and oxygen atoms in total. The largest absolute Gasteiger partial charge is 0.462 e. The summed E-state index contributed by atoms with van der Waals surface area (Å²) in [5.41, 5.74) is 2.65. The third-order valence-corrected chi connectivity index (χ3v) is 4.66. The lowest BCUT2D eigenvalue weighted by atomic mass is 9.98. The van der Waals surface area contributed by atoms with Crippen molar-refractivity contribution in [2.75, 3.05) is 24.6 Å². The van der Waals surface area contributed by atoms with Gasteiger partial charge in [-0.3, -0.25) is 0 Å². The maximum Gasteiger partial charge on any atom is 0.340 e. The van der Waals surface area contributed by atoms with Crippen LogP contribution in [0.5, 0.6) is 0 Å². The highest BCUT2D eigenvalue weighted by atomic mass is 16.5. The number of aromatic nitrogens is 1. The van der Waals surface area contributed by atoms with E-state index in [1.807, 2.05) is 42.1 Å². The summed E-state index contributed by atoms with van der Waals surface area (Å²) in [6.45, 7) is 6.76. The first-order valence-electron chi connectivity index (χ1n) is 8.88. The van der Waals surface area contributed by atoms with Gasteiger partial charge in [0.2, 0.25) is 0 Å². The van der Waals surface area contributed by atoms with Gasteiger partial charge in [-0.1, -0.05) is 13.8 Å². The molecule has 0 unspecified atom stereocenters. The number of benzene rings is 1. The molecule has 0 aliphatic carbocycles. The summed E-state index contributed by atoms with van der Waals surface area (Å²) < 4.78 is 7.44. The molecule has 1 aromatic heterocycles. The molecule has 1 saturated heterocycles. The maximum absolute atomic E-state index is 12.6. The first-order valence-corrected chi connectivity index (χ1v) is 8.88. The number of anilines is 1. The minimum Gasteiger partial charge on any atom is -0.462 e. The molecule has 3 rings (SSSR count). The predicted molar refractivity (Wildman–Crippen MR) is 97.0 cm³/mol. The number of hydrogen-bond acceptors (Lipinski definition) is 3. The molecule has 0 amide bonds. The van der Waals surface area contributed by atoms with Crippen LogP contribution in [-0.4, -0.2) is 30.2 Å². The Bertz CT molecular complexity index is 671. The summed E-state index contributed by atoms with van der Waals surface area (Å²) in [5.74, 6) is 0.537. The quantitative estimate of drug-likeness (QED) is 0.769. The molecule has 1 aliphatic heterocycles. The highest BCUT2D eigenvalue weighted by Gasteiger charge is 2.22. The van der Waals surface area contributed by atoms with Crippen molar-refractivity contribution < 1.29 is 9.53 Å². The summed E-state index contributed by atoms with van der Waals surface area (Å²) in [5, 5.41) is 0. The van der Waals surface area contributed by atoms with Gasteiger partial charge in [0.1, 0.15) is 0 Å². The second kappa shape index (κ2) is 7.56. The van der Waals surface area contributed by atoms with Crippen LogP contribution in [0.15, 0.2) is 42.7 Å². The standard InChI is InChI=1S/C20H26N2O2/c1-3-14-24-20(23)18-15-17(21-10-4-5-11-21)6-7-19(18)22-12-8-16(2)9-13-22/h4-7,10-11,15-16H,3,8-9,12-14H2,1-2H3. The SMILES string of the molecule is CCCOC(=O)c1cc(-n2cccc2)ccc1N1CCC(C)CC1. The van der Waals surface area contributed by atoms with Gasteiger partial charge in [-0.15, -0.1) is 0 Å². The average molecular weight is 326 g/mol. The number of nitrogens with zero attached hydrogens (tertiary/aromatic N) is 2. The topological polar surface area (TPSA) is 34.5 Å². The monoisotopic (exact) mass is 326 g/mol. The van der Waals surface area contributed by atoms with Gasteiger partial charge in [-0.25, -0.2) is 4.79 Å². The van der Waals surface area contributed by atoms with E-state index in [0.717, 1.165) is 36.8 Å². The Hall–Kier alpha value is -2.23. The van der Waals surface area contributed by atoms with Gasteiger partial charge in [0.25, 0.3) is 0 Å². The van der Waals surface area contributed by atoms with Crippen molar-refractivity contribution in [2.24, 2.45) is 5.92 Å². The highest BCUT2D eigenvalue weighted by Crippen LogP contribution is 2.29. The molecule has 0 saturated carbocycles. The van der Waals surface area contributed by atoms with Crippen LogP contribution in [0.25, 0.3) is 5.69 Å². The zero-order chi connectivity index (χ0) is 16.9. The van der Waals surface area contributed by atoms with Crippen LogP contribution >= 0.6 is 0 Å². The van der Waals surface area contributed by atoms with Crippen molar-refractivity contribution in [3.05, 3.63) is 48.3 Å². The van der Waals surface area contributed by atoms with Crippen molar-refractivity contribution in [3.8, 4) is 5.69 Å². The Morgan fingerprint density at radius 1 is 1.21 bits per heavy atom. The first-order chi connectivity index (χ1) is 11.7. The van der Waals surface area contributed by atoms with Crippen LogP contribution < -0.4 is 4.90 Å². The average Bonchev–Trinajstić information content (AvgIpc) is 3.14. The molecule has 1 aliphatic rings. The fraction of sp³-hybridized carbons (Fsp3) is 0.450. The van der Waals surface area contributed by atoms with Crippen molar-refractivity contribution >= 4 is 11.7 Å². The number of hydrogen-bond donors (Lipinski definition) is 0. The Morgan fingerprint density at radius 3 is 2.58 bits per heavy atom. The molecule has 2 heterocycles. The Balaban J connectivity index is 1.93. The van der Waals surface area contributed by atoms with E-state index in [-0.39, 0.29) is 5.97 Å². The molecule has 0 N–H and O–H groups in total. The van der Waals surface area contributed by atoms with E-state index in [9.17, 15) is 4.79 Å². The van der Waals surface area contributed by atoms with Crippen molar-refractivity contribution in [2.45, 2.75) is 33.1 Å². The fourth-order valence-corrected chi connectivity index (χ4v) is 3.15. The van der Waals surface area contributed by atoms with Crippen LogP contribution in [0.2, 0.25) is 0 Å². The van der Waals surface area contributed by atoms with Gasteiger partial charge in [0, 0.05) is 31.2 Å². The molecule has 0 atom stereocenters. The Morgan fingerprint density at radius 2 is 1.92 bits per heavy atom. The number of carbonyl (C=O) groups excluding carboxylic acids is 1. The van der Waals surface area contributed by atoms with E-state index in [1.165, 1.54) is 12.8 Å². The van der Waals surface area contributed by atoms with Crippen molar-refractivity contribution in [1.82, 2.24) is 4.57 Å². The zero-order valence-corrected chi connectivity index (χ0v) is 14.6. The fourth-order valence-electron chi connectivity index (χ4n) is 3.15. The van der Waals surface area contributed by atoms with Crippen LogP contribution in [0, 0.1) is 5.92 Å². The van der Waals surface area contributed by atoms with Crippen LogP contribution in [0.1, 0.15) is 43.5 Å². The van der Waals surface area contributed by atoms with Gasteiger partial charge < -0.3 is 14.2 Å². The molecule has 2 aromatic rings. The lowest BCUT2D eigenvalue weighted by Gasteiger charge is -2.33. The summed E-state index contributed by atoms with van der Waals surface area (Å²) in [4.78, 5) is 14.9. The van der Waals surface area contributed by atoms with Crippen LogP contribution in [-0.2, 0) is 4.74 Å². The van der Waals surface area contributed by atoms with E-state index < -0.39 is 0 Å². The highest BCUT2D eigenvalue weighted by molar-refractivity contribution is 5.96. The second-order valence-corrected chi connectivity index (χ2v) is 6.60. The van der Waals surface area contributed by atoms with E-state index >= 15 is 0 Å². The van der Waals surface area contributed by atoms with Gasteiger partial charge in [-0.05, 0) is 55.5 Å². The lowest BCUT2D eigenvalue weighted by Crippen LogP contribution is -2.34. The third kappa shape index (κ3) is 3.64. The Labute approximate surface area is 144 Å². The summed E-state index contributed by atoms with van der Waals surface area (Å²) in [7, 11) is 0. The number of carbonyl (C=O) groups is 1. The molecule has 4 heteroatoms. The molecule has 0 spiro atoms. The van der Waals surface area contributed by atoms with Crippen LogP contribution in [0.4, 0.5) is 5.69 Å². The minimum absolute atomic E-state index is 0.223. The second-order valence-electron chi connectivity index (χ2n) is 6.60. The van der Waals surface area contributed by atoms with Gasteiger partial charge in [0.15, 0.2) is 0 Å². The van der Waals surface area contributed by atoms with E-state index in [1.54, 1.807) is 0 Å². The molecule has 128 valence electrons. The molecule has 0 bridgehead atoms. The molecular weight excluding hydrogens is 300 g/mol. The summed E-state index contributed by atoms with van der Waals surface area (Å²) in [6, 6.07) is 10.0. The first kappa shape index (κ1) is 16.6. The third-order valence-electron chi connectivity index (χ3n) is 4.66. The number of rotatable bonds is 5. The van der Waals surface area contributed by atoms with Gasteiger partial charge in [-0.2, -0.15) is 0 Å². The normalized spacial score (nSPS) is 15.5. The molecule has 0 radical (unpaired) electrons. The summed E-state index contributed by atoms with van der Waals surface area (Å²) in [6.07, 6.45) is 7.14. The molecule has 1 aromatic carbocycles. The molecule has 24 heavy (non-hydrogen) atoms. The Kier molecular flexibility index (Phi) is 5.24. The number of esters is 1. The number of ether oxygens (including phenoxy) is 1.